The van der Waals surface area contributed by atoms with Gasteiger partial charge in [-0.1, -0.05) is 0 Å². The van der Waals surface area contributed by atoms with Crippen molar-refractivity contribution < 1.29 is 4.70 Å². The molecule has 0 radical (unpaired) electrons. The van der Waals surface area contributed by atoms with E-state index in [1.807, 2.05) is 0 Å². The van der Waals surface area contributed by atoms with Crippen LogP contribution in [0.3, 0.4) is 0 Å². The van der Waals surface area contributed by atoms with Crippen LogP contribution in [-0.2, 0) is 0 Å². The van der Waals surface area contributed by atoms with E-state index in [9.17, 15) is 0 Å². The summed E-state index contributed by atoms with van der Waals surface area (Å²) in [6.45, 7) is 0. The van der Waals surface area contributed by atoms with Crippen LogP contribution in [0.2, 0.25) is 0 Å². The molecule has 0 aliphatic heterocycles. The summed E-state index contributed by atoms with van der Waals surface area (Å²) in [7, 11) is 0. The fraction of sp³-hybridized carbons (Fsp3) is 0. The molecule has 0 aliphatic carbocycles. The van der Waals surface area contributed by atoms with Gasteiger partial charge >= 0.3 is 78.7 Å². The van der Waals surface area contributed by atoms with Crippen LogP contribution in [0.25, 0.3) is 0 Å². The fourth-order valence-corrected chi connectivity index (χ4v) is 0. The van der Waals surface area contributed by atoms with E-state index in [2.05, 4.69) is 0 Å². The molecule has 0 heterocycles. The molecule has 0 bridgehead atoms. The summed E-state index contributed by atoms with van der Waals surface area (Å²) < 4.78 is 0. The predicted octanol–water partition coefficient (Wildman–Crippen LogP) is -2.86. The van der Waals surface area contributed by atoms with Gasteiger partial charge < -0.3 is 0 Å². The molecule has 24 valence electrons. The second kappa shape index (κ2) is 17.8. The van der Waals surface area contributed by atoms with Crippen molar-refractivity contribution in [2.75, 3.05) is 0 Å². The summed E-state index contributed by atoms with van der Waals surface area (Å²) in [5, 5.41) is 0. The van der Waals surface area contributed by atoms with Crippen molar-refractivity contribution in [3.8, 4) is 0 Å². The van der Waals surface area contributed by atoms with Gasteiger partial charge in [-0.05, 0) is 0 Å². The first-order valence-electron chi connectivity index (χ1n) is 0. The Morgan fingerprint density at radius 3 is 1.00 bits per heavy atom. The minimum absolute atomic E-state index is 0. The first kappa shape index (κ1) is 31.3. The van der Waals surface area contributed by atoms with E-state index >= 15 is 0 Å². The van der Waals surface area contributed by atoms with Crippen LogP contribution in [0.4, 0.5) is 4.70 Å². The number of hydrogen-bond acceptors (Lipinski definition) is 0. The maximum Gasteiger partial charge on any atom is 0.316 e. The van der Waals surface area contributed by atoms with E-state index in [1.54, 1.807) is 0 Å². The topological polar surface area (TPSA) is 0 Å². The molecule has 4 heavy (non-hydrogen) atoms. The molecule has 0 spiro atoms. The maximum absolute atomic E-state index is 0. The van der Waals surface area contributed by atoms with Gasteiger partial charge in [-0.25, -0.2) is 0 Å². The van der Waals surface area contributed by atoms with Crippen molar-refractivity contribution in [2.45, 2.75) is 0 Å². The Morgan fingerprint density at radius 1 is 1.00 bits per heavy atom. The first-order valence-corrected chi connectivity index (χ1v) is 0. The summed E-state index contributed by atoms with van der Waals surface area (Å²) in [4.78, 5) is 0. The quantitative estimate of drug-likeness (QED) is 0.340. The second-order valence-electron chi connectivity index (χ2n) is 0. The molecule has 1 unspecified atom stereocenters. The van der Waals surface area contributed by atoms with Gasteiger partial charge in [0.15, 0.2) is 0 Å². The molecule has 0 fully saturated rings. The zero-order chi connectivity index (χ0) is 0. The SMILES string of the molecule is F.[AsH3].[CaH2].[MgH2]. The van der Waals surface area contributed by atoms with Gasteiger partial charge in [-0.3, -0.25) is 4.70 Å². The van der Waals surface area contributed by atoms with Crippen LogP contribution >= 0.6 is 0 Å². The summed E-state index contributed by atoms with van der Waals surface area (Å²) in [6, 6.07) is 0. The van der Waals surface area contributed by atoms with Gasteiger partial charge in [-0.15, -0.1) is 0 Å². The molecule has 0 aromatic rings. The van der Waals surface area contributed by atoms with Gasteiger partial charge in [0, 0.05) is 0 Å². The average Bonchev–Trinajstić information content (AvgIpc) is 0. The van der Waals surface area contributed by atoms with Crippen LogP contribution < -0.4 is 0 Å². The third-order valence-corrected chi connectivity index (χ3v) is 0. The standard InChI is InChI=1S/AsH3.Ca.FH.Mg.4H/h1H3;;1H;;;;;. The van der Waals surface area contributed by atoms with E-state index in [1.165, 1.54) is 0 Å². The van der Waals surface area contributed by atoms with Gasteiger partial charge in [0.1, 0.15) is 0 Å². The zero-order valence-electron chi connectivity index (χ0n) is 1.12. The summed E-state index contributed by atoms with van der Waals surface area (Å²) in [5.41, 5.74) is 0. The third-order valence-electron chi connectivity index (χ3n) is 0. The van der Waals surface area contributed by atoms with E-state index in [0.29, 0.717) is 0 Å². The molecule has 1 atom stereocenters. The number of hydrogen-bond donors (Lipinski definition) is 0. The summed E-state index contributed by atoms with van der Waals surface area (Å²) >= 11 is 0. The summed E-state index contributed by atoms with van der Waals surface area (Å²) in [5.74, 6) is 0. The molecule has 0 nitrogen and oxygen atoms in total. The minimum atomic E-state index is 0. The average molecular weight is 166 g/mol. The molecule has 0 saturated heterocycles. The van der Waals surface area contributed by atoms with Crippen molar-refractivity contribution in [1.82, 2.24) is 0 Å². The second-order valence-corrected chi connectivity index (χ2v) is 0. The van der Waals surface area contributed by atoms with E-state index < -0.39 is 0 Å². The van der Waals surface area contributed by atoms with Crippen molar-refractivity contribution in [3.05, 3.63) is 0 Å². The Balaban J connectivity index is 0. The Morgan fingerprint density at radius 2 is 1.00 bits per heavy atom. The minimum Gasteiger partial charge on any atom is 0.316 e. The van der Waals surface area contributed by atoms with E-state index in [-0.39, 0.29) is 83.4 Å². The van der Waals surface area contributed by atoms with Crippen molar-refractivity contribution in [1.29, 1.82) is 0 Å². The van der Waals surface area contributed by atoms with E-state index in [4.69, 9.17) is 0 Å². The monoisotopic (exact) mass is 166 g/mol. The van der Waals surface area contributed by atoms with Crippen molar-refractivity contribution >= 4 is 78.7 Å². The van der Waals surface area contributed by atoms with Crippen LogP contribution in [0.1, 0.15) is 0 Å². The molecule has 4 heteroatoms. The first-order chi connectivity index (χ1) is 0. The maximum atomic E-state index is 0. The van der Waals surface area contributed by atoms with Crippen LogP contribution in [0.5, 0.6) is 0 Å². The smallest absolute Gasteiger partial charge is 0.316 e. The Bertz CT molecular complexity index is 8.00. The van der Waals surface area contributed by atoms with Crippen molar-refractivity contribution in [3.63, 3.8) is 0 Å². The number of rotatable bonds is 0. The Labute approximate surface area is 81.9 Å². The molecule has 0 aromatic heterocycles. The van der Waals surface area contributed by atoms with Gasteiger partial charge in [0.25, 0.3) is 0 Å². The van der Waals surface area contributed by atoms with Gasteiger partial charge in [0.2, 0.25) is 0 Å². The van der Waals surface area contributed by atoms with Crippen LogP contribution in [0, 0.1) is 0 Å². The molecule has 0 N–H and O–H groups in total. The Hall–Kier alpha value is 2.51. The predicted molar refractivity (Wildman–Crippen MR) is 29.5 cm³/mol. The zero-order valence-corrected chi connectivity index (χ0v) is 4.08. The summed E-state index contributed by atoms with van der Waals surface area (Å²) in [6.07, 6.45) is 0. The van der Waals surface area contributed by atoms with E-state index in [0.717, 1.165) is 0 Å². The largest absolute Gasteiger partial charge is 0.316 e. The normalized spacial score (nSPS) is 0. The van der Waals surface area contributed by atoms with Gasteiger partial charge in [0.05, 0.1) is 0 Å². The molecule has 0 aromatic carbocycles. The molecular formula is H8AsCaFMg. The molecule has 0 saturated carbocycles. The van der Waals surface area contributed by atoms with Crippen LogP contribution in [0.15, 0.2) is 0 Å². The molecular weight excluding hydrogens is 158 g/mol. The third kappa shape index (κ3) is 8.82. The van der Waals surface area contributed by atoms with Gasteiger partial charge in [-0.2, -0.15) is 0 Å². The molecule has 0 amide bonds. The van der Waals surface area contributed by atoms with Crippen LogP contribution in [-0.4, -0.2) is 78.7 Å². The Kier molecular flexibility index (Phi) is 139. The van der Waals surface area contributed by atoms with Crippen molar-refractivity contribution in [2.24, 2.45) is 0 Å². The molecule has 0 rings (SSSR count). The fourth-order valence-electron chi connectivity index (χ4n) is 0. The molecule has 0 aliphatic rings. The number of halogens is 1.